The Hall–Kier alpha value is -5.06. The number of phenolic OH excluding ortho intramolecular Hbond substituents is 1. The van der Waals surface area contributed by atoms with Crippen molar-refractivity contribution in [2.24, 2.45) is 0 Å². The molecule has 1 N–H and O–H groups in total. The smallest absolute Gasteiger partial charge is 0.159 e. The zero-order valence-electron chi connectivity index (χ0n) is 16.7. The predicted molar refractivity (Wildman–Crippen MR) is 115 cm³/mol. The summed E-state index contributed by atoms with van der Waals surface area (Å²) in [5.74, 6) is -2.28. The fraction of sp³-hybridized carbons (Fsp3) is 0. The van der Waals surface area contributed by atoms with Gasteiger partial charge in [-0.15, -0.1) is 0 Å². The number of fused-ring (bicyclic) bond motifs is 4. The second-order valence-corrected chi connectivity index (χ2v) is 7.32. The number of nitrogens with zero attached hydrogens (tertiary/aromatic N) is 4. The molecule has 0 bridgehead atoms. The minimum Gasteiger partial charge on any atom is -0.507 e. The second kappa shape index (κ2) is 7.27. The highest BCUT2D eigenvalue weighted by molar-refractivity contribution is 6.20. The Kier molecular flexibility index (Phi) is 4.38. The average Bonchev–Trinajstić information content (AvgIpc) is 3.29. The van der Waals surface area contributed by atoms with E-state index in [0.29, 0.717) is 33.5 Å². The summed E-state index contributed by atoms with van der Waals surface area (Å²) in [5.41, 5.74) is 3.23. The van der Waals surface area contributed by atoms with Gasteiger partial charge in [-0.1, -0.05) is 18.2 Å². The van der Waals surface area contributed by atoms with E-state index < -0.39 is 11.6 Å². The molecule has 0 saturated heterocycles. The minimum atomic E-state index is -1.14. The van der Waals surface area contributed by atoms with Gasteiger partial charge in [0.2, 0.25) is 0 Å². The first-order valence-corrected chi connectivity index (χ1v) is 9.69. The van der Waals surface area contributed by atoms with Gasteiger partial charge in [0.15, 0.2) is 11.6 Å². The quantitative estimate of drug-likeness (QED) is 0.381. The van der Waals surface area contributed by atoms with Crippen molar-refractivity contribution in [1.82, 2.24) is 4.98 Å². The van der Waals surface area contributed by atoms with Gasteiger partial charge < -0.3 is 5.11 Å². The van der Waals surface area contributed by atoms with Crippen molar-refractivity contribution in [2.75, 3.05) is 0 Å². The molecule has 33 heavy (non-hydrogen) atoms. The summed E-state index contributed by atoms with van der Waals surface area (Å²) in [5, 5.41) is 39.5. The first-order valence-electron chi connectivity index (χ1n) is 9.69. The number of nitriles is 3. The standard InChI is InChI=1S/C26H10F2N4O/c27-19-9-17-14(6-7-29)25(22(13(11-30)12-31)18(17)10-20(19)28)23-15-3-1-5-21(33)24(15)26-16(23)4-2-8-32-26/h1-6,8-10,33H/b14-6+,25-23+. The van der Waals surface area contributed by atoms with Crippen molar-refractivity contribution in [2.45, 2.75) is 0 Å². The number of hydrogen-bond donors (Lipinski definition) is 1. The second-order valence-electron chi connectivity index (χ2n) is 7.32. The normalized spacial score (nSPS) is 16.5. The van der Waals surface area contributed by atoms with Crippen molar-refractivity contribution in [3.05, 3.63) is 99.8 Å². The molecule has 0 radical (unpaired) electrons. The van der Waals surface area contributed by atoms with Crippen molar-refractivity contribution in [1.29, 1.82) is 15.8 Å². The minimum absolute atomic E-state index is 0.0206. The molecule has 0 fully saturated rings. The molecule has 3 aromatic rings. The van der Waals surface area contributed by atoms with Crippen LogP contribution in [0.25, 0.3) is 28.0 Å². The molecule has 1 heterocycles. The van der Waals surface area contributed by atoms with Crippen molar-refractivity contribution < 1.29 is 13.9 Å². The van der Waals surface area contributed by atoms with Crippen LogP contribution in [-0.4, -0.2) is 10.1 Å². The van der Waals surface area contributed by atoms with Gasteiger partial charge >= 0.3 is 0 Å². The summed E-state index contributed by atoms with van der Waals surface area (Å²) in [4.78, 5) is 4.40. The molecule has 0 unspecified atom stereocenters. The van der Waals surface area contributed by atoms with E-state index in [2.05, 4.69) is 4.98 Å². The summed E-state index contributed by atoms with van der Waals surface area (Å²) in [6.07, 6.45) is 2.74. The van der Waals surface area contributed by atoms with Crippen molar-refractivity contribution in [3.63, 3.8) is 0 Å². The molecule has 5 nitrogen and oxygen atoms in total. The highest BCUT2D eigenvalue weighted by atomic mass is 19.2. The Bertz CT molecular complexity index is 1610. The van der Waals surface area contributed by atoms with Gasteiger partial charge in [0.05, 0.1) is 17.3 Å². The van der Waals surface area contributed by atoms with Crippen LogP contribution in [0.2, 0.25) is 0 Å². The molecule has 7 heteroatoms. The number of aromatic nitrogens is 1. The van der Waals surface area contributed by atoms with E-state index >= 15 is 0 Å². The Morgan fingerprint density at radius 2 is 1.58 bits per heavy atom. The zero-order chi connectivity index (χ0) is 23.3. The van der Waals surface area contributed by atoms with Crippen LogP contribution in [0.15, 0.2) is 65.9 Å². The number of allylic oxidation sites excluding steroid dienone is 5. The van der Waals surface area contributed by atoms with Crippen LogP contribution in [0.3, 0.4) is 0 Å². The highest BCUT2D eigenvalue weighted by Gasteiger charge is 2.38. The molecule has 5 rings (SSSR count). The van der Waals surface area contributed by atoms with Gasteiger partial charge in [0.25, 0.3) is 0 Å². The van der Waals surface area contributed by atoms with Gasteiger partial charge in [-0.2, -0.15) is 15.8 Å². The predicted octanol–water partition coefficient (Wildman–Crippen LogP) is 5.27. The van der Waals surface area contributed by atoms with Crippen LogP contribution in [0.5, 0.6) is 5.75 Å². The van der Waals surface area contributed by atoms with E-state index in [1.807, 2.05) is 18.2 Å². The molecule has 1 aromatic heterocycles. The largest absolute Gasteiger partial charge is 0.507 e. The summed E-state index contributed by atoms with van der Waals surface area (Å²) in [6.45, 7) is 0. The number of hydrogen-bond acceptors (Lipinski definition) is 5. The zero-order valence-corrected chi connectivity index (χ0v) is 16.7. The highest BCUT2D eigenvalue weighted by Crippen LogP contribution is 2.56. The van der Waals surface area contributed by atoms with Gasteiger partial charge in [0, 0.05) is 40.1 Å². The lowest BCUT2D eigenvalue weighted by Crippen LogP contribution is -1.94. The van der Waals surface area contributed by atoms with Crippen LogP contribution in [-0.2, 0) is 0 Å². The fourth-order valence-corrected chi connectivity index (χ4v) is 4.47. The molecule has 2 aliphatic rings. The number of halogens is 2. The molecule has 0 spiro atoms. The van der Waals surface area contributed by atoms with Crippen molar-refractivity contribution in [3.8, 4) is 35.2 Å². The molecule has 2 aromatic carbocycles. The van der Waals surface area contributed by atoms with Crippen molar-refractivity contribution >= 4 is 16.7 Å². The Labute approximate surface area is 186 Å². The molecule has 0 atom stereocenters. The van der Waals surface area contributed by atoms with Gasteiger partial charge in [-0.25, -0.2) is 8.78 Å². The molecule has 154 valence electrons. The SMILES string of the molecule is N#C/C=C1/C(=C2\c3cccnc3-c3c(O)cccc32)C(=C(C#N)C#N)c2cc(F)c(F)cc21. The van der Waals surface area contributed by atoms with Crippen LogP contribution < -0.4 is 0 Å². The van der Waals surface area contributed by atoms with Crippen LogP contribution in [0, 0.1) is 45.6 Å². The lowest BCUT2D eigenvalue weighted by Gasteiger charge is -2.12. The molecular formula is C26H10F2N4O. The third-order valence-electron chi connectivity index (χ3n) is 5.70. The van der Waals surface area contributed by atoms with Crippen LogP contribution >= 0.6 is 0 Å². The first kappa shape index (κ1) is 19.9. The van der Waals surface area contributed by atoms with E-state index in [0.717, 1.165) is 12.1 Å². The molecule has 2 aliphatic carbocycles. The molecule has 0 amide bonds. The summed E-state index contributed by atoms with van der Waals surface area (Å²) in [7, 11) is 0. The number of phenols is 1. The third-order valence-corrected chi connectivity index (χ3v) is 5.70. The molecule has 0 saturated carbocycles. The van der Waals surface area contributed by atoms with Gasteiger partial charge in [0.1, 0.15) is 23.5 Å². The Balaban J connectivity index is 2.04. The number of pyridine rings is 1. The molecule has 0 aliphatic heterocycles. The number of rotatable bonds is 0. The average molecular weight is 432 g/mol. The number of aromatic hydroxyl groups is 1. The maximum atomic E-state index is 14.3. The van der Waals surface area contributed by atoms with E-state index in [1.165, 1.54) is 12.1 Å². The van der Waals surface area contributed by atoms with Crippen LogP contribution in [0.4, 0.5) is 8.78 Å². The number of benzene rings is 2. The summed E-state index contributed by atoms with van der Waals surface area (Å²) >= 11 is 0. The summed E-state index contributed by atoms with van der Waals surface area (Å²) in [6, 6.07) is 15.8. The van der Waals surface area contributed by atoms with E-state index in [9.17, 15) is 29.7 Å². The topological polar surface area (TPSA) is 104 Å². The lowest BCUT2D eigenvalue weighted by molar-refractivity contribution is 0.477. The van der Waals surface area contributed by atoms with E-state index in [-0.39, 0.29) is 33.6 Å². The first-order chi connectivity index (χ1) is 16.0. The lowest BCUT2D eigenvalue weighted by atomic mass is 9.89. The van der Waals surface area contributed by atoms with Gasteiger partial charge in [-0.3, -0.25) is 4.98 Å². The summed E-state index contributed by atoms with van der Waals surface area (Å²) < 4.78 is 28.5. The Morgan fingerprint density at radius 1 is 0.879 bits per heavy atom. The molecular weight excluding hydrogens is 422 g/mol. The monoisotopic (exact) mass is 432 g/mol. The van der Waals surface area contributed by atoms with Crippen LogP contribution in [0.1, 0.15) is 22.3 Å². The third kappa shape index (κ3) is 2.69. The van der Waals surface area contributed by atoms with Gasteiger partial charge in [-0.05, 0) is 41.0 Å². The fourth-order valence-electron chi connectivity index (χ4n) is 4.47. The maximum absolute atomic E-state index is 14.3. The maximum Gasteiger partial charge on any atom is 0.159 e. The Morgan fingerprint density at radius 3 is 2.27 bits per heavy atom. The van der Waals surface area contributed by atoms with E-state index in [4.69, 9.17) is 0 Å². The van der Waals surface area contributed by atoms with E-state index in [1.54, 1.807) is 30.5 Å².